The summed E-state index contributed by atoms with van der Waals surface area (Å²) in [5.74, 6) is 4.09. The van der Waals surface area contributed by atoms with E-state index in [-0.39, 0.29) is 18.5 Å². The van der Waals surface area contributed by atoms with Crippen molar-refractivity contribution in [1.29, 1.82) is 0 Å². The number of nitrogens with one attached hydrogen (secondary N) is 1. The third-order valence-electron chi connectivity index (χ3n) is 7.62. The smallest absolute Gasteiger partial charge is 0.252 e. The van der Waals surface area contributed by atoms with Gasteiger partial charge in [-0.3, -0.25) is 15.5 Å². The fourth-order valence-electron chi connectivity index (χ4n) is 5.34. The molecule has 0 bridgehead atoms. The minimum Gasteiger partial charge on any atom is -0.402 e. The molecular weight excluding hydrogens is 508 g/mol. The maximum atomic E-state index is 13.9. The quantitative estimate of drug-likeness (QED) is 0.329. The second-order valence-electron chi connectivity index (χ2n) is 10.4. The van der Waals surface area contributed by atoms with Crippen molar-refractivity contribution in [2.75, 3.05) is 20.1 Å². The Balaban J connectivity index is 0.000000983. The van der Waals surface area contributed by atoms with Crippen molar-refractivity contribution >= 4 is 21.5 Å². The first-order valence-electron chi connectivity index (χ1n) is 13.7. The summed E-state index contributed by atoms with van der Waals surface area (Å²) >= 11 is 0. The normalized spacial score (nSPS) is 17.6. The molecule has 0 aromatic heterocycles. The SMILES string of the molecule is C=CNO.C=S(=O)(c1ccc(Cc2cc(C)cc(CC)c2)cc1)N1CCC(N)=C(C(=O)N(C)C2CCCC2)C1. The van der Waals surface area contributed by atoms with Crippen LogP contribution in [-0.4, -0.2) is 56.6 Å². The van der Waals surface area contributed by atoms with Crippen LogP contribution in [0.2, 0.25) is 0 Å². The Hall–Kier alpha value is -3.07. The molecule has 1 aliphatic heterocycles. The van der Waals surface area contributed by atoms with Crippen molar-refractivity contribution in [2.45, 2.75) is 69.7 Å². The second kappa shape index (κ2) is 13.8. The first-order chi connectivity index (χ1) is 18.6. The van der Waals surface area contributed by atoms with Gasteiger partial charge in [-0.15, -0.1) is 0 Å². The van der Waals surface area contributed by atoms with Crippen LogP contribution < -0.4 is 11.2 Å². The van der Waals surface area contributed by atoms with E-state index in [1.807, 2.05) is 40.5 Å². The molecule has 1 aliphatic carbocycles. The summed E-state index contributed by atoms with van der Waals surface area (Å²) < 4.78 is 15.7. The molecule has 2 aromatic carbocycles. The minimum atomic E-state index is -2.73. The predicted octanol–water partition coefficient (Wildman–Crippen LogP) is 4.57. The molecule has 212 valence electrons. The average Bonchev–Trinajstić information content (AvgIpc) is 3.47. The van der Waals surface area contributed by atoms with E-state index in [2.05, 4.69) is 44.5 Å². The number of benzene rings is 2. The van der Waals surface area contributed by atoms with Gasteiger partial charge >= 0.3 is 0 Å². The van der Waals surface area contributed by atoms with Crippen molar-refractivity contribution in [2.24, 2.45) is 5.73 Å². The lowest BCUT2D eigenvalue weighted by molar-refractivity contribution is -0.128. The van der Waals surface area contributed by atoms with E-state index in [4.69, 9.17) is 10.9 Å². The van der Waals surface area contributed by atoms with Gasteiger partial charge < -0.3 is 10.6 Å². The average molecular weight is 553 g/mol. The Kier molecular flexibility index (Phi) is 10.8. The van der Waals surface area contributed by atoms with E-state index in [9.17, 15) is 9.00 Å². The lowest BCUT2D eigenvalue weighted by Crippen LogP contribution is -2.44. The Bertz CT molecular complexity index is 1280. The molecule has 4 rings (SSSR count). The first kappa shape index (κ1) is 30.5. The third-order valence-corrected chi connectivity index (χ3v) is 9.77. The van der Waals surface area contributed by atoms with Gasteiger partial charge in [-0.25, -0.2) is 8.51 Å². The van der Waals surface area contributed by atoms with Gasteiger partial charge in [0.2, 0.25) is 0 Å². The van der Waals surface area contributed by atoms with E-state index in [0.29, 0.717) is 29.1 Å². The molecule has 2 aliphatic rings. The molecule has 0 saturated heterocycles. The number of hydroxylamine groups is 1. The Morgan fingerprint density at radius 1 is 1.18 bits per heavy atom. The molecule has 39 heavy (non-hydrogen) atoms. The summed E-state index contributed by atoms with van der Waals surface area (Å²) in [6.45, 7) is 8.23. The van der Waals surface area contributed by atoms with E-state index >= 15 is 0 Å². The number of nitrogens with two attached hydrogens (primary N) is 1. The molecule has 1 atom stereocenters. The van der Waals surface area contributed by atoms with Crippen molar-refractivity contribution in [3.8, 4) is 0 Å². The van der Waals surface area contributed by atoms with Gasteiger partial charge in [-0.05, 0) is 67.3 Å². The van der Waals surface area contributed by atoms with Crippen LogP contribution >= 0.6 is 0 Å². The lowest BCUT2D eigenvalue weighted by atomic mass is 9.99. The third kappa shape index (κ3) is 7.75. The summed E-state index contributed by atoms with van der Waals surface area (Å²) in [4.78, 5) is 15.8. The lowest BCUT2D eigenvalue weighted by Gasteiger charge is -2.34. The zero-order chi connectivity index (χ0) is 28.6. The number of hydrogen-bond donors (Lipinski definition) is 3. The maximum Gasteiger partial charge on any atom is 0.252 e. The molecule has 1 saturated carbocycles. The highest BCUT2D eigenvalue weighted by Gasteiger charge is 2.32. The Labute approximate surface area is 234 Å². The number of rotatable bonds is 8. The molecule has 4 N–H and O–H groups in total. The van der Waals surface area contributed by atoms with Crippen LogP contribution in [0.25, 0.3) is 0 Å². The fourth-order valence-corrected chi connectivity index (χ4v) is 6.92. The zero-order valence-corrected chi connectivity index (χ0v) is 24.4. The monoisotopic (exact) mass is 552 g/mol. The van der Waals surface area contributed by atoms with Gasteiger partial charge in [0, 0.05) is 49.4 Å². The number of carbonyl (C=O) groups excluding carboxylic acids is 1. The van der Waals surface area contributed by atoms with Crippen LogP contribution in [0.15, 0.2) is 71.4 Å². The zero-order valence-electron chi connectivity index (χ0n) is 23.6. The number of hydrogen-bond acceptors (Lipinski definition) is 5. The maximum absolute atomic E-state index is 13.9. The highest BCUT2D eigenvalue weighted by atomic mass is 32.2. The van der Waals surface area contributed by atoms with Crippen molar-refractivity contribution < 1.29 is 14.2 Å². The van der Waals surface area contributed by atoms with Crippen LogP contribution in [0.3, 0.4) is 0 Å². The second-order valence-corrected chi connectivity index (χ2v) is 12.7. The van der Waals surface area contributed by atoms with E-state index in [1.54, 1.807) is 5.48 Å². The van der Waals surface area contributed by atoms with Gasteiger partial charge in [-0.2, -0.15) is 0 Å². The van der Waals surface area contributed by atoms with Crippen LogP contribution in [0.5, 0.6) is 0 Å². The van der Waals surface area contributed by atoms with Crippen molar-refractivity contribution in [3.63, 3.8) is 0 Å². The molecule has 1 amide bonds. The molecule has 0 spiro atoms. The molecule has 1 fully saturated rings. The molecule has 0 radical (unpaired) electrons. The van der Waals surface area contributed by atoms with Gasteiger partial charge in [0.25, 0.3) is 5.91 Å². The number of amides is 1. The van der Waals surface area contributed by atoms with Crippen LogP contribution in [0, 0.1) is 6.92 Å². The summed E-state index contributed by atoms with van der Waals surface area (Å²) in [5, 5.41) is 7.51. The topological polar surface area (TPSA) is 98.9 Å². The molecular formula is C31H44N4O3S. The first-order valence-corrected chi connectivity index (χ1v) is 15.3. The molecule has 7 nitrogen and oxygen atoms in total. The number of likely N-dealkylation sites (N-methyl/N-ethyl adjacent to an activating group) is 1. The van der Waals surface area contributed by atoms with Crippen LogP contribution in [0.1, 0.15) is 61.3 Å². The predicted molar refractivity (Wildman–Crippen MR) is 161 cm³/mol. The number of nitrogens with zero attached hydrogens (tertiary/aromatic N) is 2. The largest absolute Gasteiger partial charge is 0.402 e. The van der Waals surface area contributed by atoms with Gasteiger partial charge in [0.05, 0.1) is 15.3 Å². The molecule has 2 aromatic rings. The van der Waals surface area contributed by atoms with Crippen LogP contribution in [0.4, 0.5) is 0 Å². The molecule has 1 unspecified atom stereocenters. The van der Waals surface area contributed by atoms with E-state index in [1.165, 1.54) is 28.5 Å². The van der Waals surface area contributed by atoms with Crippen LogP contribution in [-0.2, 0) is 27.3 Å². The van der Waals surface area contributed by atoms with Gasteiger partial charge in [0.15, 0.2) is 0 Å². The summed E-state index contributed by atoms with van der Waals surface area (Å²) in [6, 6.07) is 14.9. The number of aryl methyl sites for hydroxylation is 2. The van der Waals surface area contributed by atoms with Crippen molar-refractivity contribution in [1.82, 2.24) is 14.7 Å². The van der Waals surface area contributed by atoms with Gasteiger partial charge in [0.1, 0.15) is 0 Å². The molecule has 1 heterocycles. The number of carbonyl (C=O) groups is 1. The summed E-state index contributed by atoms with van der Waals surface area (Å²) in [5.41, 5.74) is 14.2. The highest BCUT2D eigenvalue weighted by Crippen LogP contribution is 2.28. The molecule has 8 heteroatoms. The standard InChI is InChI=1S/C29H39N3O2S.C2H5NO/c1-5-22-16-21(2)17-24(18-22)19-23-10-12-26(13-11-23)35(4,34)32-15-14-28(30)27(20-32)29(33)31(3)25-8-6-7-9-25;1-2-3-4/h10-13,16-18,25H,4-9,14-15,19-20,30H2,1-3H3;2-4H,1H2. The Morgan fingerprint density at radius 3 is 2.38 bits per heavy atom. The summed E-state index contributed by atoms with van der Waals surface area (Å²) in [6.07, 6.45) is 7.97. The van der Waals surface area contributed by atoms with Crippen molar-refractivity contribution in [3.05, 3.63) is 88.8 Å². The van der Waals surface area contributed by atoms with Gasteiger partial charge in [-0.1, -0.05) is 62.2 Å². The Morgan fingerprint density at radius 2 is 1.79 bits per heavy atom. The van der Waals surface area contributed by atoms with E-state index < -0.39 is 9.71 Å². The minimum absolute atomic E-state index is 0.0331. The summed E-state index contributed by atoms with van der Waals surface area (Å²) in [7, 11) is -0.860. The van der Waals surface area contributed by atoms with E-state index in [0.717, 1.165) is 38.5 Å². The highest BCUT2D eigenvalue weighted by molar-refractivity contribution is 7.98. The fraction of sp³-hybridized carbons (Fsp3) is 0.419.